The third-order valence-electron chi connectivity index (χ3n) is 5.32. The first-order valence-electron chi connectivity index (χ1n) is 8.85. The van der Waals surface area contributed by atoms with Crippen molar-refractivity contribution >= 4 is 27.6 Å². The van der Waals surface area contributed by atoms with Crippen LogP contribution < -0.4 is 0 Å². The van der Waals surface area contributed by atoms with Crippen molar-refractivity contribution < 1.29 is 27.4 Å². The molecule has 1 aliphatic heterocycles. The van der Waals surface area contributed by atoms with Crippen LogP contribution in [0.25, 0.3) is 0 Å². The molecule has 4 rings (SSSR count). The molecule has 0 bridgehead atoms. The summed E-state index contributed by atoms with van der Waals surface area (Å²) < 4.78 is 31.6. The topological polar surface area (TPSA) is 109 Å². The predicted molar refractivity (Wildman–Crippen MR) is 100 cm³/mol. The molecule has 0 radical (unpaired) electrons. The Balaban J connectivity index is 1.61. The average molecular weight is 399 g/mol. The van der Waals surface area contributed by atoms with Crippen molar-refractivity contribution in [3.63, 3.8) is 0 Å². The molecule has 7 nitrogen and oxygen atoms in total. The fourth-order valence-corrected chi connectivity index (χ4v) is 4.58. The smallest absolute Gasteiger partial charge is 0.267 e. The Kier molecular flexibility index (Phi) is 4.40. The monoisotopic (exact) mass is 399 g/mol. The van der Waals surface area contributed by atoms with Crippen LogP contribution in [0.1, 0.15) is 55.0 Å². The molecule has 8 heteroatoms. The number of rotatable bonds is 2. The van der Waals surface area contributed by atoms with Gasteiger partial charge in [0.1, 0.15) is 0 Å². The summed E-state index contributed by atoms with van der Waals surface area (Å²) in [7, 11) is -4.11. The number of piperidine rings is 1. The summed E-state index contributed by atoms with van der Waals surface area (Å²) in [5.74, 6) is -0.890. The zero-order valence-electron chi connectivity index (χ0n) is 14.8. The molecule has 28 heavy (non-hydrogen) atoms. The molecule has 0 unspecified atom stereocenters. The Morgan fingerprint density at radius 2 is 1.43 bits per heavy atom. The Morgan fingerprint density at radius 1 is 0.893 bits per heavy atom. The van der Waals surface area contributed by atoms with Gasteiger partial charge in [0.2, 0.25) is 0 Å². The highest BCUT2D eigenvalue weighted by Gasteiger charge is 2.33. The fraction of sp³-hybridized carbons (Fsp3) is 0.250. The van der Waals surface area contributed by atoms with Crippen LogP contribution in [0.5, 0.6) is 0 Å². The highest BCUT2D eigenvalue weighted by atomic mass is 32.2. The van der Waals surface area contributed by atoms with Crippen molar-refractivity contribution in [1.29, 1.82) is 0 Å². The highest BCUT2D eigenvalue weighted by molar-refractivity contribution is 7.86. The highest BCUT2D eigenvalue weighted by Crippen LogP contribution is 2.28. The molecule has 2 aromatic rings. The first-order chi connectivity index (χ1) is 13.3. The maximum Gasteiger partial charge on any atom is 0.267 e. The van der Waals surface area contributed by atoms with Gasteiger partial charge in [-0.3, -0.25) is 18.9 Å². The first-order valence-corrected chi connectivity index (χ1v) is 10.4. The summed E-state index contributed by atoms with van der Waals surface area (Å²) in [6.07, 6.45) is 0.306. The molecular formula is C20H17NO6S. The summed E-state index contributed by atoms with van der Waals surface area (Å²) in [6, 6.07) is 11.0. The molecule has 0 aromatic heterocycles. The zero-order chi connectivity index (χ0) is 20.1. The van der Waals surface area contributed by atoms with Gasteiger partial charge >= 0.3 is 0 Å². The molecule has 1 amide bonds. The van der Waals surface area contributed by atoms with Crippen LogP contribution in [0, 0.1) is 0 Å². The van der Waals surface area contributed by atoms with Gasteiger partial charge < -0.3 is 4.90 Å². The number of ketones is 2. The molecular weight excluding hydrogens is 382 g/mol. The third kappa shape index (κ3) is 3.04. The second-order valence-corrected chi connectivity index (χ2v) is 8.67. The lowest BCUT2D eigenvalue weighted by atomic mass is 9.83. The van der Waals surface area contributed by atoms with E-state index < -0.39 is 15.4 Å². The summed E-state index contributed by atoms with van der Waals surface area (Å²) in [5.41, 5.74) is 1.40. The molecule has 2 aromatic carbocycles. The van der Waals surface area contributed by atoms with Crippen LogP contribution in [0.2, 0.25) is 0 Å². The van der Waals surface area contributed by atoms with E-state index in [1.54, 1.807) is 24.3 Å². The van der Waals surface area contributed by atoms with Crippen molar-refractivity contribution in [3.8, 4) is 0 Å². The largest absolute Gasteiger partial charge is 0.339 e. The van der Waals surface area contributed by atoms with E-state index >= 15 is 0 Å². The molecule has 0 saturated carbocycles. The van der Waals surface area contributed by atoms with E-state index in [9.17, 15) is 22.8 Å². The van der Waals surface area contributed by atoms with Crippen LogP contribution in [-0.4, -0.2) is 53.7 Å². The Hall–Kier alpha value is -2.84. The number of carbonyl (C=O) groups is 3. The lowest BCUT2D eigenvalue weighted by Crippen LogP contribution is -2.42. The van der Waals surface area contributed by atoms with Crippen molar-refractivity contribution in [3.05, 3.63) is 70.3 Å². The number of likely N-dealkylation sites (tertiary alicyclic amines) is 1. The standard InChI is InChI=1S/C20H17NO6S/c22-18-14-3-1-2-4-15(14)19(23)17-11-12(5-6-16(17)18)20(24)21-9-7-13(8-10-21)28(25,26)27/h1-6,11,13H,7-10H2,(H,25,26,27). The molecule has 1 N–H and O–H groups in total. The van der Waals surface area contributed by atoms with Gasteiger partial charge in [0, 0.05) is 40.9 Å². The number of hydrogen-bond acceptors (Lipinski definition) is 5. The second-order valence-electron chi connectivity index (χ2n) is 6.97. The molecule has 0 atom stereocenters. The lowest BCUT2D eigenvalue weighted by molar-refractivity contribution is 0.0723. The van der Waals surface area contributed by atoms with Crippen molar-refractivity contribution in [2.75, 3.05) is 13.1 Å². The Labute approximate surface area is 161 Å². The maximum atomic E-state index is 12.8. The van der Waals surface area contributed by atoms with Crippen LogP contribution in [0.15, 0.2) is 42.5 Å². The van der Waals surface area contributed by atoms with Gasteiger partial charge in [-0.25, -0.2) is 0 Å². The number of benzene rings is 2. The summed E-state index contributed by atoms with van der Waals surface area (Å²) in [5, 5.41) is -0.865. The number of nitrogens with zero attached hydrogens (tertiary/aromatic N) is 1. The molecule has 1 fully saturated rings. The normalized spacial score (nSPS) is 17.2. The summed E-state index contributed by atoms with van der Waals surface area (Å²) in [6.45, 7) is 0.381. The van der Waals surface area contributed by atoms with E-state index in [4.69, 9.17) is 4.55 Å². The lowest BCUT2D eigenvalue weighted by Gasteiger charge is -2.30. The quantitative estimate of drug-likeness (QED) is 0.660. The van der Waals surface area contributed by atoms with E-state index in [0.717, 1.165) is 0 Å². The van der Waals surface area contributed by atoms with Crippen molar-refractivity contribution in [1.82, 2.24) is 4.90 Å². The van der Waals surface area contributed by atoms with Gasteiger partial charge in [-0.1, -0.05) is 24.3 Å². The predicted octanol–water partition coefficient (Wildman–Crippen LogP) is 1.95. The molecule has 1 aliphatic carbocycles. The van der Waals surface area contributed by atoms with Crippen LogP contribution in [0.3, 0.4) is 0 Å². The SMILES string of the molecule is O=C1c2ccccc2C(=O)c2cc(C(=O)N3CCC(S(=O)(=O)O)CC3)ccc21. The average Bonchev–Trinajstić information content (AvgIpc) is 2.70. The number of carbonyl (C=O) groups excluding carboxylic acids is 3. The minimum absolute atomic E-state index is 0.153. The van der Waals surface area contributed by atoms with Gasteiger partial charge in [0.15, 0.2) is 11.6 Å². The Morgan fingerprint density at radius 3 is 2.00 bits per heavy atom. The van der Waals surface area contributed by atoms with Crippen LogP contribution in [-0.2, 0) is 10.1 Å². The third-order valence-corrected chi connectivity index (χ3v) is 6.64. The van der Waals surface area contributed by atoms with Gasteiger partial charge in [0.05, 0.1) is 5.25 Å². The van der Waals surface area contributed by atoms with Crippen LogP contribution >= 0.6 is 0 Å². The maximum absolute atomic E-state index is 12.8. The number of amides is 1. The summed E-state index contributed by atoms with van der Waals surface area (Å²) >= 11 is 0. The molecule has 2 aliphatic rings. The molecule has 0 spiro atoms. The van der Waals surface area contributed by atoms with Gasteiger partial charge in [0.25, 0.3) is 16.0 Å². The van der Waals surface area contributed by atoms with E-state index in [1.807, 2.05) is 0 Å². The first kappa shape index (κ1) is 18.5. The van der Waals surface area contributed by atoms with Crippen LogP contribution in [0.4, 0.5) is 0 Å². The molecule has 1 saturated heterocycles. The second kappa shape index (κ2) is 6.65. The van der Waals surface area contributed by atoms with E-state index in [2.05, 4.69) is 0 Å². The Bertz CT molecular complexity index is 1110. The van der Waals surface area contributed by atoms with E-state index in [-0.39, 0.29) is 60.1 Å². The van der Waals surface area contributed by atoms with Gasteiger partial charge in [-0.05, 0) is 31.0 Å². The zero-order valence-corrected chi connectivity index (χ0v) is 15.6. The minimum Gasteiger partial charge on any atom is -0.339 e. The van der Waals surface area contributed by atoms with E-state index in [1.165, 1.54) is 23.1 Å². The number of hydrogen-bond donors (Lipinski definition) is 1. The molecule has 144 valence electrons. The fourth-order valence-electron chi connectivity index (χ4n) is 3.77. The molecule has 1 heterocycles. The summed E-state index contributed by atoms with van der Waals surface area (Å²) in [4.78, 5) is 39.7. The van der Waals surface area contributed by atoms with Crippen molar-refractivity contribution in [2.45, 2.75) is 18.1 Å². The van der Waals surface area contributed by atoms with E-state index in [0.29, 0.717) is 11.1 Å². The van der Waals surface area contributed by atoms with Gasteiger partial charge in [-0.15, -0.1) is 0 Å². The number of fused-ring (bicyclic) bond motifs is 2. The van der Waals surface area contributed by atoms with Crippen molar-refractivity contribution in [2.24, 2.45) is 0 Å². The van der Waals surface area contributed by atoms with Gasteiger partial charge in [-0.2, -0.15) is 8.42 Å². The minimum atomic E-state index is -4.11.